The van der Waals surface area contributed by atoms with E-state index >= 15 is 0 Å². The van der Waals surface area contributed by atoms with E-state index in [1.165, 1.54) is 0 Å². The van der Waals surface area contributed by atoms with E-state index in [1.54, 1.807) is 0 Å². The van der Waals surface area contributed by atoms with Crippen LogP contribution in [0.3, 0.4) is 0 Å². The Kier molecular flexibility index (Phi) is 5.49. The third-order valence-electron chi connectivity index (χ3n) is 3.94. The van der Waals surface area contributed by atoms with Crippen LogP contribution in [-0.2, 0) is 16.0 Å². The Morgan fingerprint density at radius 3 is 2.17 bits per heavy atom. The number of rotatable bonds is 5. The van der Waals surface area contributed by atoms with Crippen LogP contribution in [-0.4, -0.2) is 11.7 Å². The minimum atomic E-state index is -1.31. The molecule has 0 fully saturated rings. The maximum atomic E-state index is 12.4. The minimum absolute atomic E-state index is 0.0681. The summed E-state index contributed by atoms with van der Waals surface area (Å²) in [6, 6.07) is 15.0. The highest BCUT2D eigenvalue weighted by molar-refractivity contribution is 6.10. The van der Waals surface area contributed by atoms with E-state index in [4.69, 9.17) is 0 Å². The summed E-state index contributed by atoms with van der Waals surface area (Å²) < 4.78 is 0. The molecule has 2 rings (SSSR count). The highest BCUT2D eigenvalue weighted by Gasteiger charge is 2.27. The number of hydrogen-bond donors (Lipinski definition) is 1. The van der Waals surface area contributed by atoms with Crippen molar-refractivity contribution in [1.29, 1.82) is 5.26 Å². The number of Topliss-reactive ketones (excluding diaryl/α,β-unsaturated/α-hetero) is 1. The van der Waals surface area contributed by atoms with Crippen molar-refractivity contribution in [2.75, 3.05) is 5.32 Å². The number of carbonyl (C=O) groups is 2. The Balaban J connectivity index is 2.12. The van der Waals surface area contributed by atoms with Crippen LogP contribution in [0.15, 0.2) is 42.5 Å². The monoisotopic (exact) mass is 320 g/mol. The second-order valence-corrected chi connectivity index (χ2v) is 5.95. The van der Waals surface area contributed by atoms with Gasteiger partial charge in [0.25, 0.3) is 0 Å². The number of benzene rings is 2. The Morgan fingerprint density at radius 2 is 1.62 bits per heavy atom. The molecular formula is C20H20N2O2. The molecular weight excluding hydrogens is 300 g/mol. The van der Waals surface area contributed by atoms with Gasteiger partial charge in [-0.3, -0.25) is 9.59 Å². The molecule has 0 aromatic heterocycles. The summed E-state index contributed by atoms with van der Waals surface area (Å²) in [5.74, 6) is -2.29. The van der Waals surface area contributed by atoms with E-state index in [0.29, 0.717) is 5.69 Å². The lowest BCUT2D eigenvalue weighted by Crippen LogP contribution is -2.30. The molecule has 4 nitrogen and oxygen atoms in total. The molecule has 1 amide bonds. The zero-order valence-corrected chi connectivity index (χ0v) is 14.1. The number of aryl methyl sites for hydroxylation is 3. The number of ketones is 1. The molecule has 2 aromatic rings. The molecule has 2 aromatic carbocycles. The largest absolute Gasteiger partial charge is 0.324 e. The summed E-state index contributed by atoms with van der Waals surface area (Å²) >= 11 is 0. The zero-order valence-electron chi connectivity index (χ0n) is 14.1. The van der Waals surface area contributed by atoms with E-state index in [9.17, 15) is 14.9 Å². The standard InChI is InChI=1S/C20H20N2O2/c1-13-7-9-16(10-8-13)11-18(23)17(12-21)20(24)22-19-14(2)5-4-6-15(19)3/h4-10,17H,11H2,1-3H3,(H,22,24)/t17-/m0/s1. The fraction of sp³-hybridized carbons (Fsp3) is 0.250. The van der Waals surface area contributed by atoms with Crippen LogP contribution < -0.4 is 5.32 Å². The summed E-state index contributed by atoms with van der Waals surface area (Å²) in [4.78, 5) is 24.7. The number of carbonyl (C=O) groups excluding carboxylic acids is 2. The van der Waals surface area contributed by atoms with Gasteiger partial charge in [-0.05, 0) is 37.5 Å². The Labute approximate surface area is 142 Å². The summed E-state index contributed by atoms with van der Waals surface area (Å²) in [5.41, 5.74) is 4.34. The zero-order chi connectivity index (χ0) is 17.7. The third-order valence-corrected chi connectivity index (χ3v) is 3.94. The van der Waals surface area contributed by atoms with Gasteiger partial charge >= 0.3 is 0 Å². The summed E-state index contributed by atoms with van der Waals surface area (Å²) in [6.45, 7) is 5.71. The average molecular weight is 320 g/mol. The first-order valence-electron chi connectivity index (χ1n) is 7.77. The lowest BCUT2D eigenvalue weighted by molar-refractivity contribution is -0.128. The molecule has 0 aliphatic carbocycles. The summed E-state index contributed by atoms with van der Waals surface area (Å²) in [7, 11) is 0. The number of nitrogens with zero attached hydrogens (tertiary/aromatic N) is 1. The quantitative estimate of drug-likeness (QED) is 0.857. The van der Waals surface area contributed by atoms with E-state index in [1.807, 2.05) is 69.3 Å². The van der Waals surface area contributed by atoms with Gasteiger partial charge in [-0.15, -0.1) is 0 Å². The Morgan fingerprint density at radius 1 is 1.04 bits per heavy atom. The van der Waals surface area contributed by atoms with Crippen molar-refractivity contribution in [2.45, 2.75) is 27.2 Å². The maximum Gasteiger partial charge on any atom is 0.249 e. The van der Waals surface area contributed by atoms with Crippen LogP contribution in [0.1, 0.15) is 22.3 Å². The second kappa shape index (κ2) is 7.56. The highest BCUT2D eigenvalue weighted by Crippen LogP contribution is 2.20. The van der Waals surface area contributed by atoms with E-state index in [-0.39, 0.29) is 6.42 Å². The van der Waals surface area contributed by atoms with Gasteiger partial charge in [-0.2, -0.15) is 5.26 Å². The van der Waals surface area contributed by atoms with Crippen LogP contribution in [0, 0.1) is 38.0 Å². The second-order valence-electron chi connectivity index (χ2n) is 5.95. The van der Waals surface area contributed by atoms with Crippen molar-refractivity contribution in [2.24, 2.45) is 5.92 Å². The topological polar surface area (TPSA) is 70.0 Å². The van der Waals surface area contributed by atoms with Crippen LogP contribution in [0.4, 0.5) is 5.69 Å². The number of anilines is 1. The molecule has 0 aliphatic heterocycles. The molecule has 0 spiro atoms. The molecule has 0 unspecified atom stereocenters. The Bertz CT molecular complexity index is 781. The van der Waals surface area contributed by atoms with E-state index in [2.05, 4.69) is 5.32 Å². The van der Waals surface area contributed by atoms with Gasteiger partial charge in [0.2, 0.25) is 5.91 Å². The summed E-state index contributed by atoms with van der Waals surface area (Å²) in [6.07, 6.45) is 0.0681. The molecule has 24 heavy (non-hydrogen) atoms. The van der Waals surface area contributed by atoms with E-state index in [0.717, 1.165) is 22.3 Å². The van der Waals surface area contributed by atoms with Crippen molar-refractivity contribution in [1.82, 2.24) is 0 Å². The lowest BCUT2D eigenvalue weighted by Gasteiger charge is -2.14. The van der Waals surface area contributed by atoms with Gasteiger partial charge in [0.05, 0.1) is 6.07 Å². The molecule has 0 saturated carbocycles. The van der Waals surface area contributed by atoms with Crippen molar-refractivity contribution in [3.8, 4) is 6.07 Å². The third kappa shape index (κ3) is 4.08. The van der Waals surface area contributed by atoms with Gasteiger partial charge in [0.15, 0.2) is 11.7 Å². The smallest absolute Gasteiger partial charge is 0.249 e. The SMILES string of the molecule is Cc1ccc(CC(=O)[C@H](C#N)C(=O)Nc2c(C)cccc2C)cc1. The molecule has 0 bridgehead atoms. The predicted octanol–water partition coefficient (Wildman–Crippen LogP) is 3.50. The predicted molar refractivity (Wildman–Crippen MR) is 93.5 cm³/mol. The molecule has 0 aliphatic rings. The van der Waals surface area contributed by atoms with Gasteiger partial charge in [-0.1, -0.05) is 48.0 Å². The van der Waals surface area contributed by atoms with Gasteiger partial charge in [0, 0.05) is 12.1 Å². The molecule has 1 N–H and O–H groups in total. The lowest BCUT2D eigenvalue weighted by atomic mass is 9.97. The molecule has 4 heteroatoms. The minimum Gasteiger partial charge on any atom is -0.324 e. The summed E-state index contributed by atoms with van der Waals surface area (Å²) in [5, 5.41) is 12.0. The van der Waals surface area contributed by atoms with Crippen molar-refractivity contribution < 1.29 is 9.59 Å². The van der Waals surface area contributed by atoms with Gasteiger partial charge in [-0.25, -0.2) is 0 Å². The molecule has 1 atom stereocenters. The van der Waals surface area contributed by atoms with E-state index < -0.39 is 17.6 Å². The first-order valence-corrected chi connectivity index (χ1v) is 7.77. The fourth-order valence-corrected chi connectivity index (χ4v) is 2.49. The van der Waals surface area contributed by atoms with Gasteiger partial charge in [0.1, 0.15) is 0 Å². The van der Waals surface area contributed by atoms with Crippen molar-refractivity contribution >= 4 is 17.4 Å². The average Bonchev–Trinajstić information content (AvgIpc) is 2.54. The van der Waals surface area contributed by atoms with Crippen molar-refractivity contribution in [3.63, 3.8) is 0 Å². The highest BCUT2D eigenvalue weighted by atomic mass is 16.2. The van der Waals surface area contributed by atoms with Crippen LogP contribution >= 0.6 is 0 Å². The molecule has 122 valence electrons. The van der Waals surface area contributed by atoms with Crippen LogP contribution in [0.2, 0.25) is 0 Å². The Hall–Kier alpha value is -2.93. The normalized spacial score (nSPS) is 11.4. The van der Waals surface area contributed by atoms with Crippen LogP contribution in [0.5, 0.6) is 0 Å². The number of amides is 1. The van der Waals surface area contributed by atoms with Gasteiger partial charge < -0.3 is 5.32 Å². The first-order chi connectivity index (χ1) is 11.4. The molecule has 0 heterocycles. The number of hydrogen-bond acceptors (Lipinski definition) is 3. The number of para-hydroxylation sites is 1. The maximum absolute atomic E-state index is 12.4. The first kappa shape index (κ1) is 17.4. The molecule has 0 saturated heterocycles. The van der Waals surface area contributed by atoms with Crippen molar-refractivity contribution in [3.05, 3.63) is 64.7 Å². The molecule has 0 radical (unpaired) electrons. The number of nitriles is 1. The fourth-order valence-electron chi connectivity index (χ4n) is 2.49. The van der Waals surface area contributed by atoms with Crippen LogP contribution in [0.25, 0.3) is 0 Å². The number of nitrogens with one attached hydrogen (secondary N) is 1.